The van der Waals surface area contributed by atoms with Crippen molar-refractivity contribution in [1.29, 1.82) is 0 Å². The molecule has 1 aromatic rings. The van der Waals surface area contributed by atoms with E-state index in [2.05, 4.69) is 29.2 Å². The Kier molecular flexibility index (Phi) is 3.80. The van der Waals surface area contributed by atoms with E-state index < -0.39 is 0 Å². The summed E-state index contributed by atoms with van der Waals surface area (Å²) in [6, 6.07) is 0. The Morgan fingerprint density at radius 1 is 1.61 bits per heavy atom. The highest BCUT2D eigenvalue weighted by Crippen LogP contribution is 2.33. The molecule has 5 nitrogen and oxygen atoms in total. The van der Waals surface area contributed by atoms with Gasteiger partial charge >= 0.3 is 0 Å². The maximum atomic E-state index is 12.5. The fourth-order valence-corrected chi connectivity index (χ4v) is 2.55. The number of carbonyl (C=O) groups is 1. The topological polar surface area (TPSA) is 59.8 Å². The van der Waals surface area contributed by atoms with Crippen LogP contribution in [0, 0.1) is 11.3 Å². The van der Waals surface area contributed by atoms with Crippen molar-refractivity contribution in [3.8, 4) is 0 Å². The van der Waals surface area contributed by atoms with Gasteiger partial charge in [0.1, 0.15) is 17.9 Å². The summed E-state index contributed by atoms with van der Waals surface area (Å²) < 4.78 is 1.67. The summed E-state index contributed by atoms with van der Waals surface area (Å²) in [5.41, 5.74) is -0.292. The molecule has 0 aliphatic carbocycles. The second-order valence-corrected chi connectivity index (χ2v) is 5.66. The first kappa shape index (κ1) is 13.2. The minimum absolute atomic E-state index is 0.257. The normalized spacial score (nSPS) is 20.9. The molecule has 1 atom stereocenters. The van der Waals surface area contributed by atoms with Crippen LogP contribution >= 0.6 is 0 Å². The quantitative estimate of drug-likeness (QED) is 0.864. The summed E-state index contributed by atoms with van der Waals surface area (Å²) in [5, 5.41) is 7.39. The highest BCUT2D eigenvalue weighted by Gasteiger charge is 2.37. The van der Waals surface area contributed by atoms with Crippen LogP contribution in [0.15, 0.2) is 6.33 Å². The zero-order valence-electron chi connectivity index (χ0n) is 11.4. The lowest BCUT2D eigenvalue weighted by Gasteiger charge is -2.36. The van der Waals surface area contributed by atoms with Gasteiger partial charge in [0, 0.05) is 12.5 Å². The molecule has 0 saturated carbocycles. The van der Waals surface area contributed by atoms with Gasteiger partial charge in [0.05, 0.1) is 6.42 Å². The van der Waals surface area contributed by atoms with Gasteiger partial charge in [0.2, 0.25) is 0 Å². The molecule has 1 unspecified atom stereocenters. The number of Topliss-reactive ketones (excluding diaryl/α,β-unsaturated/α-hetero) is 1. The third-order valence-electron chi connectivity index (χ3n) is 4.16. The van der Waals surface area contributed by atoms with Crippen molar-refractivity contribution in [2.45, 2.75) is 33.1 Å². The first-order valence-corrected chi connectivity index (χ1v) is 6.58. The van der Waals surface area contributed by atoms with Crippen LogP contribution in [-0.2, 0) is 18.3 Å². The maximum absolute atomic E-state index is 12.5. The van der Waals surface area contributed by atoms with Crippen molar-refractivity contribution in [1.82, 2.24) is 20.1 Å². The Morgan fingerprint density at radius 3 is 2.94 bits per heavy atom. The molecule has 2 heterocycles. The van der Waals surface area contributed by atoms with E-state index in [1.54, 1.807) is 4.68 Å². The average molecular weight is 250 g/mol. The molecular formula is C13H22N4O. The number of ketones is 1. The van der Waals surface area contributed by atoms with E-state index in [4.69, 9.17) is 0 Å². The predicted molar refractivity (Wildman–Crippen MR) is 69.1 cm³/mol. The number of hydrogen-bond acceptors (Lipinski definition) is 4. The van der Waals surface area contributed by atoms with Gasteiger partial charge in [0.15, 0.2) is 0 Å². The first-order valence-electron chi connectivity index (χ1n) is 6.58. The second kappa shape index (κ2) is 5.18. The molecule has 100 valence electrons. The Balaban J connectivity index is 2.04. The van der Waals surface area contributed by atoms with Crippen molar-refractivity contribution in [2.75, 3.05) is 13.1 Å². The largest absolute Gasteiger partial charge is 0.316 e. The lowest BCUT2D eigenvalue weighted by Crippen LogP contribution is -2.43. The summed E-state index contributed by atoms with van der Waals surface area (Å²) in [6.07, 6.45) is 4.16. The second-order valence-electron chi connectivity index (χ2n) is 5.66. The molecule has 0 amide bonds. The molecule has 1 aliphatic heterocycles. The number of aryl methyl sites for hydroxylation is 1. The molecular weight excluding hydrogens is 228 g/mol. The van der Waals surface area contributed by atoms with Crippen LogP contribution in [0.1, 0.15) is 32.5 Å². The fraction of sp³-hybridized carbons (Fsp3) is 0.769. The van der Waals surface area contributed by atoms with Gasteiger partial charge < -0.3 is 5.32 Å². The smallest absolute Gasteiger partial charge is 0.146 e. The number of aromatic nitrogens is 3. The molecule has 0 radical (unpaired) electrons. The SMILES string of the molecule is Cn1ncnc1CC(=O)C(C)(C)C1CCCNC1. The Hall–Kier alpha value is -1.23. The standard InChI is InChI=1S/C13H22N4O/c1-13(2,10-5-4-6-14-8-10)11(18)7-12-15-9-16-17(12)3/h9-10,14H,4-8H2,1-3H3. The average Bonchev–Trinajstić information content (AvgIpc) is 2.76. The molecule has 1 fully saturated rings. The number of nitrogens with one attached hydrogen (secondary N) is 1. The summed E-state index contributed by atoms with van der Waals surface area (Å²) >= 11 is 0. The Bertz CT molecular complexity index is 418. The third-order valence-corrected chi connectivity index (χ3v) is 4.16. The van der Waals surface area contributed by atoms with Gasteiger partial charge in [-0.25, -0.2) is 4.98 Å². The summed E-state index contributed by atoms with van der Waals surface area (Å²) in [5.74, 6) is 1.43. The number of carbonyl (C=O) groups excluding carboxylic acids is 1. The van der Waals surface area contributed by atoms with Crippen LogP contribution in [0.5, 0.6) is 0 Å². The molecule has 0 spiro atoms. The van der Waals surface area contributed by atoms with Crippen LogP contribution in [0.3, 0.4) is 0 Å². The van der Waals surface area contributed by atoms with Crippen molar-refractivity contribution in [2.24, 2.45) is 18.4 Å². The fourth-order valence-electron chi connectivity index (χ4n) is 2.55. The minimum Gasteiger partial charge on any atom is -0.316 e. The number of piperidine rings is 1. The van der Waals surface area contributed by atoms with Crippen LogP contribution < -0.4 is 5.32 Å². The van der Waals surface area contributed by atoms with E-state index in [0.717, 1.165) is 31.8 Å². The van der Waals surface area contributed by atoms with Gasteiger partial charge in [-0.3, -0.25) is 9.48 Å². The van der Waals surface area contributed by atoms with Crippen molar-refractivity contribution in [3.63, 3.8) is 0 Å². The van der Waals surface area contributed by atoms with E-state index in [0.29, 0.717) is 12.3 Å². The summed E-state index contributed by atoms with van der Waals surface area (Å²) in [7, 11) is 1.82. The molecule has 1 saturated heterocycles. The number of rotatable bonds is 4. The molecule has 5 heteroatoms. The lowest BCUT2D eigenvalue weighted by molar-refractivity contribution is -0.129. The van der Waals surface area contributed by atoms with Crippen LogP contribution in [0.2, 0.25) is 0 Å². The van der Waals surface area contributed by atoms with Gasteiger partial charge in [0.25, 0.3) is 0 Å². The first-order chi connectivity index (χ1) is 8.51. The highest BCUT2D eigenvalue weighted by atomic mass is 16.1. The molecule has 1 aliphatic rings. The molecule has 2 rings (SSSR count). The van der Waals surface area contributed by atoms with Gasteiger partial charge in [-0.15, -0.1) is 0 Å². The van der Waals surface area contributed by atoms with E-state index in [1.165, 1.54) is 6.33 Å². The summed E-state index contributed by atoms with van der Waals surface area (Å²) in [4.78, 5) is 16.6. The van der Waals surface area contributed by atoms with E-state index in [1.807, 2.05) is 7.05 Å². The lowest BCUT2D eigenvalue weighted by atomic mass is 9.71. The van der Waals surface area contributed by atoms with E-state index >= 15 is 0 Å². The van der Waals surface area contributed by atoms with E-state index in [9.17, 15) is 4.79 Å². The van der Waals surface area contributed by atoms with Crippen molar-refractivity contribution in [3.05, 3.63) is 12.2 Å². The predicted octanol–water partition coefficient (Wildman–Crippen LogP) is 0.952. The highest BCUT2D eigenvalue weighted by molar-refractivity contribution is 5.85. The minimum atomic E-state index is -0.292. The van der Waals surface area contributed by atoms with Crippen molar-refractivity contribution < 1.29 is 4.79 Å². The van der Waals surface area contributed by atoms with Crippen LogP contribution in [-0.4, -0.2) is 33.6 Å². The maximum Gasteiger partial charge on any atom is 0.146 e. The van der Waals surface area contributed by atoms with Crippen LogP contribution in [0.25, 0.3) is 0 Å². The molecule has 0 bridgehead atoms. The molecule has 1 aromatic heterocycles. The van der Waals surface area contributed by atoms with Gasteiger partial charge in [-0.1, -0.05) is 13.8 Å². The Labute approximate surface area is 108 Å². The molecule has 18 heavy (non-hydrogen) atoms. The summed E-state index contributed by atoms with van der Waals surface area (Å²) in [6.45, 7) is 6.13. The van der Waals surface area contributed by atoms with Gasteiger partial charge in [-0.2, -0.15) is 5.10 Å². The molecule has 0 aromatic carbocycles. The van der Waals surface area contributed by atoms with E-state index in [-0.39, 0.29) is 11.2 Å². The van der Waals surface area contributed by atoms with Crippen LogP contribution in [0.4, 0.5) is 0 Å². The Morgan fingerprint density at radius 2 is 2.39 bits per heavy atom. The molecule has 1 N–H and O–H groups in total. The zero-order valence-corrected chi connectivity index (χ0v) is 11.4. The third kappa shape index (κ3) is 2.61. The van der Waals surface area contributed by atoms with Gasteiger partial charge in [-0.05, 0) is 31.8 Å². The van der Waals surface area contributed by atoms with Crippen molar-refractivity contribution >= 4 is 5.78 Å². The number of nitrogens with zero attached hydrogens (tertiary/aromatic N) is 3. The zero-order chi connectivity index (χ0) is 13.2. The number of hydrogen-bond donors (Lipinski definition) is 1. The monoisotopic (exact) mass is 250 g/mol.